The van der Waals surface area contributed by atoms with Gasteiger partial charge >= 0.3 is 6.18 Å². The number of aryl methyl sites for hydroxylation is 1. The zero-order valence-electron chi connectivity index (χ0n) is 18.8. The highest BCUT2D eigenvalue weighted by Crippen LogP contribution is 2.34. The third-order valence-electron chi connectivity index (χ3n) is 6.68. The van der Waals surface area contributed by atoms with E-state index in [1.807, 2.05) is 4.90 Å². The Morgan fingerprint density at radius 1 is 0.970 bits per heavy atom. The zero-order valence-corrected chi connectivity index (χ0v) is 19.6. The molecule has 1 aromatic carbocycles. The van der Waals surface area contributed by atoms with Gasteiger partial charge in [-0.1, -0.05) is 19.1 Å². The van der Waals surface area contributed by atoms with Crippen molar-refractivity contribution in [2.45, 2.75) is 45.7 Å². The monoisotopic (exact) mass is 479 g/mol. The molecule has 178 valence electrons. The predicted octanol–water partition coefficient (Wildman–Crippen LogP) is 5.25. The fourth-order valence-electron chi connectivity index (χ4n) is 4.48. The van der Waals surface area contributed by atoms with E-state index in [1.54, 1.807) is 11.8 Å². The molecule has 9 heteroatoms. The van der Waals surface area contributed by atoms with Gasteiger partial charge in [0, 0.05) is 37.7 Å². The van der Waals surface area contributed by atoms with Crippen molar-refractivity contribution in [3.05, 3.63) is 40.4 Å². The number of halogens is 3. The van der Waals surface area contributed by atoms with E-state index in [-0.39, 0.29) is 17.7 Å². The van der Waals surface area contributed by atoms with Gasteiger partial charge in [0.05, 0.1) is 11.3 Å². The second kappa shape index (κ2) is 9.44. The van der Waals surface area contributed by atoms with Crippen molar-refractivity contribution in [2.75, 3.05) is 26.2 Å². The summed E-state index contributed by atoms with van der Waals surface area (Å²) in [7, 11) is 0. The number of thiazole rings is 1. The molecule has 2 aliphatic heterocycles. The first-order chi connectivity index (χ1) is 15.6. The number of carbonyl (C=O) groups excluding carboxylic acids is 2. The van der Waals surface area contributed by atoms with E-state index in [0.29, 0.717) is 53.0 Å². The van der Waals surface area contributed by atoms with Crippen molar-refractivity contribution in [1.29, 1.82) is 0 Å². The maximum Gasteiger partial charge on any atom is 0.416 e. The van der Waals surface area contributed by atoms with E-state index >= 15 is 0 Å². The first kappa shape index (κ1) is 23.7. The minimum atomic E-state index is -4.39. The molecule has 3 heterocycles. The average Bonchev–Trinajstić information content (AvgIpc) is 3.20. The van der Waals surface area contributed by atoms with E-state index in [9.17, 15) is 22.8 Å². The summed E-state index contributed by atoms with van der Waals surface area (Å²) in [5.74, 6) is 0.727. The molecule has 0 aliphatic carbocycles. The van der Waals surface area contributed by atoms with Crippen LogP contribution in [0.15, 0.2) is 24.3 Å². The Labute approximate surface area is 195 Å². The molecule has 0 unspecified atom stereocenters. The van der Waals surface area contributed by atoms with Gasteiger partial charge in [-0.3, -0.25) is 9.59 Å². The normalized spacial score (nSPS) is 18.6. The van der Waals surface area contributed by atoms with Gasteiger partial charge in [-0.25, -0.2) is 4.98 Å². The third-order valence-corrected chi connectivity index (χ3v) is 7.87. The van der Waals surface area contributed by atoms with Crippen LogP contribution in [0.3, 0.4) is 0 Å². The van der Waals surface area contributed by atoms with Crippen LogP contribution in [-0.2, 0) is 11.0 Å². The van der Waals surface area contributed by atoms with E-state index < -0.39 is 11.7 Å². The molecular formula is C24H28F3N3O2S. The Morgan fingerprint density at radius 2 is 1.55 bits per heavy atom. The smallest absolute Gasteiger partial charge is 0.342 e. The summed E-state index contributed by atoms with van der Waals surface area (Å²) in [6.45, 7) is 6.65. The first-order valence-electron chi connectivity index (χ1n) is 11.4. The molecule has 2 aliphatic rings. The van der Waals surface area contributed by atoms with Crippen molar-refractivity contribution in [2.24, 2.45) is 11.8 Å². The number of aromatic nitrogens is 1. The van der Waals surface area contributed by atoms with Gasteiger partial charge in [0.25, 0.3) is 5.91 Å². The molecule has 1 aromatic heterocycles. The van der Waals surface area contributed by atoms with Gasteiger partial charge in [-0.05, 0) is 50.7 Å². The standard InChI is InChI=1S/C24H28F3N3O2S/c1-15-7-11-29(12-8-15)22(31)18-9-13-30(14-10-18)23(32)20-16(2)28-21(33-20)17-3-5-19(6-4-17)24(25,26)27/h3-6,15,18H,7-14H2,1-2H3. The molecular weight excluding hydrogens is 451 g/mol. The maximum absolute atomic E-state index is 13.1. The minimum Gasteiger partial charge on any atom is -0.342 e. The van der Waals surface area contributed by atoms with Gasteiger partial charge in [0.2, 0.25) is 5.91 Å². The van der Waals surface area contributed by atoms with E-state index in [0.717, 1.165) is 38.1 Å². The van der Waals surface area contributed by atoms with Crippen LogP contribution in [0.5, 0.6) is 0 Å². The predicted molar refractivity (Wildman–Crippen MR) is 121 cm³/mol. The van der Waals surface area contributed by atoms with Crippen molar-refractivity contribution < 1.29 is 22.8 Å². The number of hydrogen-bond acceptors (Lipinski definition) is 4. The number of carbonyl (C=O) groups is 2. The molecule has 2 saturated heterocycles. The molecule has 2 amide bonds. The lowest BCUT2D eigenvalue weighted by Gasteiger charge is -2.36. The minimum absolute atomic E-state index is 0.0345. The van der Waals surface area contributed by atoms with E-state index in [4.69, 9.17) is 0 Å². The Kier molecular flexibility index (Phi) is 6.79. The fourth-order valence-corrected chi connectivity index (χ4v) is 5.52. The number of hydrogen-bond donors (Lipinski definition) is 0. The lowest BCUT2D eigenvalue weighted by molar-refractivity contribution is -0.138. The highest BCUT2D eigenvalue weighted by atomic mass is 32.1. The largest absolute Gasteiger partial charge is 0.416 e. The van der Waals surface area contributed by atoms with Crippen LogP contribution in [0.1, 0.15) is 53.5 Å². The number of rotatable bonds is 3. The number of nitrogens with zero attached hydrogens (tertiary/aromatic N) is 3. The van der Waals surface area contributed by atoms with Crippen LogP contribution in [0.2, 0.25) is 0 Å². The summed E-state index contributed by atoms with van der Waals surface area (Å²) in [5.41, 5.74) is 0.406. The third kappa shape index (κ3) is 5.23. The molecule has 0 N–H and O–H groups in total. The second-order valence-electron chi connectivity index (χ2n) is 9.08. The number of alkyl halides is 3. The summed E-state index contributed by atoms with van der Waals surface area (Å²) in [6.07, 6.45) is -0.983. The number of piperidine rings is 2. The molecule has 4 rings (SSSR count). The van der Waals surface area contributed by atoms with Crippen LogP contribution in [-0.4, -0.2) is 52.8 Å². The Bertz CT molecular complexity index is 1000. The summed E-state index contributed by atoms with van der Waals surface area (Å²) in [4.78, 5) is 34.6. The van der Waals surface area contributed by atoms with Gasteiger partial charge in [0.15, 0.2) is 0 Å². The first-order valence-corrected chi connectivity index (χ1v) is 12.2. The Morgan fingerprint density at radius 3 is 2.12 bits per heavy atom. The van der Waals surface area contributed by atoms with Crippen LogP contribution in [0.4, 0.5) is 13.2 Å². The molecule has 0 spiro atoms. The molecule has 2 fully saturated rings. The summed E-state index contributed by atoms with van der Waals surface area (Å²) in [6, 6.07) is 4.82. The quantitative estimate of drug-likeness (QED) is 0.604. The van der Waals surface area contributed by atoms with Crippen molar-refractivity contribution in [3.8, 4) is 10.6 Å². The van der Waals surface area contributed by atoms with Crippen molar-refractivity contribution >= 4 is 23.2 Å². The van der Waals surface area contributed by atoms with Gasteiger partial charge in [0.1, 0.15) is 9.88 Å². The van der Waals surface area contributed by atoms with Crippen LogP contribution >= 0.6 is 11.3 Å². The highest BCUT2D eigenvalue weighted by Gasteiger charge is 2.33. The number of benzene rings is 1. The average molecular weight is 480 g/mol. The Hall–Kier alpha value is -2.42. The molecule has 0 bridgehead atoms. The van der Waals surface area contributed by atoms with Crippen molar-refractivity contribution in [1.82, 2.24) is 14.8 Å². The lowest BCUT2D eigenvalue weighted by atomic mass is 9.92. The van der Waals surface area contributed by atoms with Gasteiger partial charge in [-0.2, -0.15) is 13.2 Å². The molecule has 0 saturated carbocycles. The summed E-state index contributed by atoms with van der Waals surface area (Å²) >= 11 is 1.20. The summed E-state index contributed by atoms with van der Waals surface area (Å²) in [5, 5.41) is 0.522. The number of amides is 2. The molecule has 2 aromatic rings. The van der Waals surface area contributed by atoms with Gasteiger partial charge in [-0.15, -0.1) is 11.3 Å². The molecule has 0 radical (unpaired) electrons. The van der Waals surface area contributed by atoms with Crippen LogP contribution in [0.25, 0.3) is 10.6 Å². The Balaban J connectivity index is 1.38. The molecule has 33 heavy (non-hydrogen) atoms. The van der Waals surface area contributed by atoms with Crippen LogP contribution in [0, 0.1) is 18.8 Å². The highest BCUT2D eigenvalue weighted by molar-refractivity contribution is 7.17. The fraction of sp³-hybridized carbons (Fsp3) is 0.542. The lowest BCUT2D eigenvalue weighted by Crippen LogP contribution is -2.46. The van der Waals surface area contributed by atoms with Crippen LogP contribution < -0.4 is 0 Å². The second-order valence-corrected chi connectivity index (χ2v) is 10.1. The summed E-state index contributed by atoms with van der Waals surface area (Å²) < 4.78 is 38.4. The van der Waals surface area contributed by atoms with E-state index in [1.165, 1.54) is 23.5 Å². The van der Waals surface area contributed by atoms with Gasteiger partial charge < -0.3 is 9.80 Å². The van der Waals surface area contributed by atoms with E-state index in [2.05, 4.69) is 11.9 Å². The van der Waals surface area contributed by atoms with Crippen molar-refractivity contribution in [3.63, 3.8) is 0 Å². The number of likely N-dealkylation sites (tertiary alicyclic amines) is 2. The molecule has 5 nitrogen and oxygen atoms in total. The SMILES string of the molecule is Cc1nc(-c2ccc(C(F)(F)F)cc2)sc1C(=O)N1CCC(C(=O)N2CCC(C)CC2)CC1. The maximum atomic E-state index is 13.1. The zero-order chi connectivity index (χ0) is 23.8. The molecule has 0 atom stereocenters. The topological polar surface area (TPSA) is 53.5 Å².